The van der Waals surface area contributed by atoms with Crippen molar-refractivity contribution < 1.29 is 94.1 Å². The molecular weight excluding hydrogens is 640 g/mol. The second-order valence-electron chi connectivity index (χ2n) is 11.1. The summed E-state index contributed by atoms with van der Waals surface area (Å²) in [6, 6.07) is 4.24. The summed E-state index contributed by atoms with van der Waals surface area (Å²) in [6.07, 6.45) is -21.0. The van der Waals surface area contributed by atoms with Gasteiger partial charge in [0.15, 0.2) is 24.1 Å². The van der Waals surface area contributed by atoms with E-state index in [2.05, 4.69) is 0 Å². The molecule has 11 N–H and O–H groups in total. The van der Waals surface area contributed by atoms with Crippen molar-refractivity contribution in [1.82, 2.24) is 0 Å². The molecule has 3 saturated heterocycles. The van der Waals surface area contributed by atoms with E-state index in [0.717, 1.165) is 6.08 Å². The first-order valence-corrected chi connectivity index (χ1v) is 14.4. The number of esters is 1. The van der Waals surface area contributed by atoms with Crippen LogP contribution < -0.4 is 4.74 Å². The van der Waals surface area contributed by atoms with Crippen LogP contribution in [0.4, 0.5) is 0 Å². The van der Waals surface area contributed by atoms with Gasteiger partial charge in [0.05, 0.1) is 20.3 Å². The topological polar surface area (TPSA) is 304 Å². The van der Waals surface area contributed by atoms with Crippen LogP contribution in [0, 0.1) is 0 Å². The van der Waals surface area contributed by atoms with Gasteiger partial charge in [-0.25, -0.2) is 4.79 Å². The number of ether oxygens (including phenoxy) is 7. The van der Waals surface area contributed by atoms with Gasteiger partial charge in [-0.2, -0.15) is 0 Å². The Morgan fingerprint density at radius 2 is 1.51 bits per heavy atom. The van der Waals surface area contributed by atoms with Gasteiger partial charge in [-0.15, -0.1) is 0 Å². The van der Waals surface area contributed by atoms with Gasteiger partial charge in [-0.1, -0.05) is 6.07 Å². The number of carbonyl (C=O) groups is 1. The Morgan fingerprint density at radius 3 is 2.13 bits per heavy atom. The Bertz CT molecular complexity index is 1210. The van der Waals surface area contributed by atoms with Crippen LogP contribution >= 0.6 is 0 Å². The van der Waals surface area contributed by atoms with Crippen molar-refractivity contribution in [2.45, 2.75) is 85.5 Å². The molecule has 3 fully saturated rings. The summed E-state index contributed by atoms with van der Waals surface area (Å²) < 4.78 is 37.8. The summed E-state index contributed by atoms with van der Waals surface area (Å²) in [4.78, 5) is 12.6. The molecule has 19 heteroatoms. The van der Waals surface area contributed by atoms with Crippen LogP contribution in [0.5, 0.6) is 11.5 Å². The predicted octanol–water partition coefficient (Wildman–Crippen LogP) is -5.59. The highest BCUT2D eigenvalue weighted by atomic mass is 16.8. The maximum absolute atomic E-state index is 12.6. The third kappa shape index (κ3) is 7.85. The molecule has 266 valence electrons. The van der Waals surface area contributed by atoms with Gasteiger partial charge >= 0.3 is 5.97 Å². The fourth-order valence-corrected chi connectivity index (χ4v) is 5.28. The molecule has 1 aromatic rings. The standard InChI is InChI=1S/C28H40O19/c1-41-13-6-11(2-4-12(13)32)3-5-17(33)42-9-16-24(45-26-22(38)20(36)18(34)14(7-29)43-26)21(37)23(39)27(44-16)47-28(10-31)25(40)19(35)15(8-30)46-28/h2-6,14-16,18-27,29-32,34-40H,7-10H2,1H3/b5-3-/t14-,15-,16-,18+,19-,20+,21-,22-,23-,24-,25+,26+,27-,28+/m1/s1. The zero-order valence-corrected chi connectivity index (χ0v) is 24.9. The lowest BCUT2D eigenvalue weighted by atomic mass is 9.96. The zero-order chi connectivity index (χ0) is 34.6. The summed E-state index contributed by atoms with van der Waals surface area (Å²) in [5, 5.41) is 112. The van der Waals surface area contributed by atoms with E-state index in [9.17, 15) is 61.0 Å². The molecule has 19 nitrogen and oxygen atoms in total. The molecule has 0 aliphatic carbocycles. The maximum Gasteiger partial charge on any atom is 0.330 e. The molecular formula is C28H40O19. The summed E-state index contributed by atoms with van der Waals surface area (Å²) >= 11 is 0. The predicted molar refractivity (Wildman–Crippen MR) is 149 cm³/mol. The summed E-state index contributed by atoms with van der Waals surface area (Å²) in [7, 11) is 1.33. The largest absolute Gasteiger partial charge is 0.504 e. The molecule has 0 saturated carbocycles. The van der Waals surface area contributed by atoms with Crippen LogP contribution in [0.15, 0.2) is 24.3 Å². The highest BCUT2D eigenvalue weighted by Gasteiger charge is 2.59. The fraction of sp³-hybridized carbons (Fsp3) is 0.679. The summed E-state index contributed by atoms with van der Waals surface area (Å²) in [6.45, 7) is -3.47. The van der Waals surface area contributed by atoms with E-state index in [-0.39, 0.29) is 11.5 Å². The van der Waals surface area contributed by atoms with Crippen molar-refractivity contribution >= 4 is 12.0 Å². The average molecular weight is 681 g/mol. The number of methoxy groups -OCH3 is 1. The van der Waals surface area contributed by atoms with Crippen LogP contribution in [0.25, 0.3) is 6.08 Å². The minimum absolute atomic E-state index is 0.135. The molecule has 3 heterocycles. The zero-order valence-electron chi connectivity index (χ0n) is 24.9. The van der Waals surface area contributed by atoms with Crippen LogP contribution in [-0.2, 0) is 33.2 Å². The van der Waals surface area contributed by atoms with Crippen LogP contribution in [0.3, 0.4) is 0 Å². The number of aliphatic hydroxyl groups excluding tert-OH is 10. The molecule has 0 amide bonds. The van der Waals surface area contributed by atoms with Crippen LogP contribution in [0.2, 0.25) is 0 Å². The maximum atomic E-state index is 12.6. The normalized spacial score (nSPS) is 40.9. The molecule has 0 bridgehead atoms. The number of aromatic hydroxyl groups is 1. The van der Waals surface area contributed by atoms with E-state index in [1.54, 1.807) is 0 Å². The smallest absolute Gasteiger partial charge is 0.330 e. The SMILES string of the molecule is COc1cc(/C=C\C(=O)OC[C@H]2O[C@H](O[C@]3(CO)O[C@H](CO)[C@@H](O)[C@@H]3O)[C@H](O)[C@@H](O)[C@@H]2O[C@@H]2O[C@H](CO)[C@H](O)[C@H](O)[C@H]2O)ccc1O. The lowest BCUT2D eigenvalue weighted by Gasteiger charge is -2.47. The Morgan fingerprint density at radius 1 is 0.851 bits per heavy atom. The quantitative estimate of drug-likeness (QED) is 0.0724. The van der Waals surface area contributed by atoms with Crippen molar-refractivity contribution in [1.29, 1.82) is 0 Å². The Hall–Kier alpha value is -2.57. The first-order chi connectivity index (χ1) is 22.3. The molecule has 14 atom stereocenters. The number of phenols is 1. The highest BCUT2D eigenvalue weighted by Crippen LogP contribution is 2.37. The van der Waals surface area contributed by atoms with E-state index in [4.69, 9.17) is 33.2 Å². The van der Waals surface area contributed by atoms with E-state index >= 15 is 0 Å². The van der Waals surface area contributed by atoms with Crippen molar-refractivity contribution in [3.8, 4) is 11.5 Å². The third-order valence-electron chi connectivity index (χ3n) is 8.01. The second kappa shape index (κ2) is 15.8. The minimum Gasteiger partial charge on any atom is -0.504 e. The molecule has 3 aliphatic heterocycles. The van der Waals surface area contributed by atoms with Gasteiger partial charge in [0, 0.05) is 6.08 Å². The number of hydrogen-bond acceptors (Lipinski definition) is 19. The third-order valence-corrected chi connectivity index (χ3v) is 8.01. The van der Waals surface area contributed by atoms with Crippen molar-refractivity contribution in [3.63, 3.8) is 0 Å². The minimum atomic E-state index is -2.46. The monoisotopic (exact) mass is 680 g/mol. The number of rotatable bonds is 12. The summed E-state index contributed by atoms with van der Waals surface area (Å²) in [5.74, 6) is -3.42. The Kier molecular flexibility index (Phi) is 12.5. The van der Waals surface area contributed by atoms with E-state index < -0.39 is 118 Å². The van der Waals surface area contributed by atoms with Gasteiger partial charge in [-0.3, -0.25) is 0 Å². The summed E-state index contributed by atoms with van der Waals surface area (Å²) in [5.41, 5.74) is 0.439. The lowest BCUT2D eigenvalue weighted by molar-refractivity contribution is -0.398. The molecule has 0 unspecified atom stereocenters. The second-order valence-corrected chi connectivity index (χ2v) is 11.1. The Balaban J connectivity index is 1.55. The van der Waals surface area contributed by atoms with Gasteiger partial charge in [0.2, 0.25) is 5.79 Å². The molecule has 4 rings (SSSR count). The van der Waals surface area contributed by atoms with Crippen molar-refractivity contribution in [2.24, 2.45) is 0 Å². The first kappa shape index (κ1) is 37.3. The molecule has 0 aromatic heterocycles. The molecule has 47 heavy (non-hydrogen) atoms. The molecule has 1 aromatic carbocycles. The first-order valence-electron chi connectivity index (χ1n) is 14.4. The van der Waals surface area contributed by atoms with Gasteiger partial charge in [0.25, 0.3) is 0 Å². The average Bonchev–Trinajstić information content (AvgIpc) is 3.31. The van der Waals surface area contributed by atoms with E-state index in [1.807, 2.05) is 0 Å². The molecule has 0 spiro atoms. The van der Waals surface area contributed by atoms with Gasteiger partial charge in [-0.05, 0) is 23.8 Å². The number of hydrogen-bond donors (Lipinski definition) is 11. The van der Waals surface area contributed by atoms with Crippen LogP contribution in [-0.4, -0.2) is 181 Å². The number of aliphatic hydroxyl groups is 10. The van der Waals surface area contributed by atoms with Gasteiger partial charge < -0.3 is 89.3 Å². The highest BCUT2D eigenvalue weighted by molar-refractivity contribution is 5.87. The molecule has 0 radical (unpaired) electrons. The number of phenolic OH excluding ortho intramolecular Hbond substituents is 1. The fourth-order valence-electron chi connectivity index (χ4n) is 5.28. The number of carbonyl (C=O) groups excluding carboxylic acids is 1. The van der Waals surface area contributed by atoms with Crippen molar-refractivity contribution in [2.75, 3.05) is 33.5 Å². The number of benzene rings is 1. The van der Waals surface area contributed by atoms with E-state index in [1.165, 1.54) is 31.4 Å². The Labute approximate surface area is 266 Å². The van der Waals surface area contributed by atoms with Crippen molar-refractivity contribution in [3.05, 3.63) is 29.8 Å². The van der Waals surface area contributed by atoms with Gasteiger partial charge in [0.1, 0.15) is 80.4 Å². The van der Waals surface area contributed by atoms with E-state index in [0.29, 0.717) is 5.56 Å². The van der Waals surface area contributed by atoms with Crippen LogP contribution in [0.1, 0.15) is 5.56 Å². The molecule has 3 aliphatic rings. The lowest BCUT2D eigenvalue weighted by Crippen LogP contribution is -2.66.